The summed E-state index contributed by atoms with van der Waals surface area (Å²) < 4.78 is 5.62. The number of rotatable bonds is 8. The number of hydrogen-bond donors (Lipinski definition) is 2. The van der Waals surface area contributed by atoms with Gasteiger partial charge in [0.05, 0.1) is 6.54 Å². The van der Waals surface area contributed by atoms with Crippen molar-refractivity contribution in [2.75, 3.05) is 13.2 Å². The monoisotopic (exact) mass is 239 g/mol. The van der Waals surface area contributed by atoms with Crippen LogP contribution < -0.4 is 5.32 Å². The Morgan fingerprint density at radius 1 is 1.18 bits per heavy atom. The lowest BCUT2D eigenvalue weighted by atomic mass is 9.83. The fraction of sp³-hybridized carbons (Fsp3) is 0.714. The summed E-state index contributed by atoms with van der Waals surface area (Å²) in [4.78, 5) is 0. The predicted octanol–water partition coefficient (Wildman–Crippen LogP) is 2.73. The van der Waals surface area contributed by atoms with Gasteiger partial charge in [0.15, 0.2) is 0 Å². The molecule has 0 spiro atoms. The Balaban J connectivity index is 2.40. The predicted molar refractivity (Wildman–Crippen MR) is 69.9 cm³/mol. The van der Waals surface area contributed by atoms with E-state index < -0.39 is 0 Å². The molecule has 0 amide bonds. The SMILES string of the molecule is CCc1ccc(CNCC(CC)(CC)CO)o1. The van der Waals surface area contributed by atoms with Crippen LogP contribution in [0.1, 0.15) is 45.1 Å². The first-order chi connectivity index (χ1) is 8.19. The van der Waals surface area contributed by atoms with Crippen LogP contribution in [-0.4, -0.2) is 18.3 Å². The van der Waals surface area contributed by atoms with E-state index in [-0.39, 0.29) is 12.0 Å². The van der Waals surface area contributed by atoms with Gasteiger partial charge in [-0.15, -0.1) is 0 Å². The van der Waals surface area contributed by atoms with Crippen LogP contribution in [0.2, 0.25) is 0 Å². The van der Waals surface area contributed by atoms with Gasteiger partial charge in [0.25, 0.3) is 0 Å². The molecule has 0 saturated carbocycles. The van der Waals surface area contributed by atoms with E-state index in [1.807, 2.05) is 12.1 Å². The lowest BCUT2D eigenvalue weighted by Crippen LogP contribution is -2.36. The Labute approximate surface area is 104 Å². The molecule has 0 aromatic carbocycles. The molecule has 1 aromatic rings. The first kappa shape index (κ1) is 14.3. The van der Waals surface area contributed by atoms with E-state index in [1.165, 1.54) is 0 Å². The molecule has 17 heavy (non-hydrogen) atoms. The van der Waals surface area contributed by atoms with Crippen molar-refractivity contribution in [1.82, 2.24) is 5.32 Å². The molecule has 0 aliphatic carbocycles. The van der Waals surface area contributed by atoms with Crippen molar-refractivity contribution in [2.24, 2.45) is 5.41 Å². The highest BCUT2D eigenvalue weighted by Gasteiger charge is 2.24. The van der Waals surface area contributed by atoms with E-state index in [0.717, 1.165) is 43.9 Å². The first-order valence-electron chi connectivity index (χ1n) is 6.58. The van der Waals surface area contributed by atoms with Gasteiger partial charge in [-0.3, -0.25) is 0 Å². The third kappa shape index (κ3) is 3.86. The number of nitrogens with one attached hydrogen (secondary N) is 1. The van der Waals surface area contributed by atoms with Crippen LogP contribution in [0.5, 0.6) is 0 Å². The zero-order valence-electron chi connectivity index (χ0n) is 11.3. The van der Waals surface area contributed by atoms with Crippen LogP contribution in [-0.2, 0) is 13.0 Å². The van der Waals surface area contributed by atoms with Gasteiger partial charge < -0.3 is 14.8 Å². The van der Waals surface area contributed by atoms with Gasteiger partial charge in [-0.25, -0.2) is 0 Å². The molecular weight excluding hydrogens is 214 g/mol. The molecule has 0 radical (unpaired) electrons. The fourth-order valence-corrected chi connectivity index (χ4v) is 1.94. The van der Waals surface area contributed by atoms with Gasteiger partial charge in [-0.1, -0.05) is 20.8 Å². The fourth-order valence-electron chi connectivity index (χ4n) is 1.94. The number of aliphatic hydroxyl groups is 1. The molecule has 1 heterocycles. The summed E-state index contributed by atoms with van der Waals surface area (Å²) >= 11 is 0. The van der Waals surface area contributed by atoms with E-state index in [1.54, 1.807) is 0 Å². The Bertz CT molecular complexity index is 308. The smallest absolute Gasteiger partial charge is 0.117 e. The largest absolute Gasteiger partial charge is 0.465 e. The topological polar surface area (TPSA) is 45.4 Å². The number of aryl methyl sites for hydroxylation is 1. The lowest BCUT2D eigenvalue weighted by molar-refractivity contribution is 0.112. The molecule has 0 saturated heterocycles. The second-order valence-electron chi connectivity index (χ2n) is 4.69. The van der Waals surface area contributed by atoms with Crippen molar-refractivity contribution >= 4 is 0 Å². The van der Waals surface area contributed by atoms with Crippen LogP contribution >= 0.6 is 0 Å². The highest BCUT2D eigenvalue weighted by molar-refractivity contribution is 5.06. The van der Waals surface area contributed by atoms with E-state index in [0.29, 0.717) is 0 Å². The van der Waals surface area contributed by atoms with Gasteiger partial charge >= 0.3 is 0 Å². The molecule has 0 aliphatic heterocycles. The van der Waals surface area contributed by atoms with Crippen molar-refractivity contribution in [3.05, 3.63) is 23.7 Å². The van der Waals surface area contributed by atoms with E-state index >= 15 is 0 Å². The molecule has 98 valence electrons. The molecule has 0 fully saturated rings. The molecule has 0 aliphatic rings. The standard InChI is InChI=1S/C14H25NO2/c1-4-12-7-8-13(17-12)9-15-10-14(5-2,6-3)11-16/h7-8,15-16H,4-6,9-11H2,1-3H3. The Hall–Kier alpha value is -0.800. The van der Waals surface area contributed by atoms with Crippen LogP contribution in [0.25, 0.3) is 0 Å². The molecule has 3 heteroatoms. The quantitative estimate of drug-likeness (QED) is 0.733. The maximum Gasteiger partial charge on any atom is 0.117 e. The molecule has 3 nitrogen and oxygen atoms in total. The lowest BCUT2D eigenvalue weighted by Gasteiger charge is -2.29. The molecule has 1 aromatic heterocycles. The summed E-state index contributed by atoms with van der Waals surface area (Å²) in [6, 6.07) is 4.04. The summed E-state index contributed by atoms with van der Waals surface area (Å²) in [5, 5.41) is 12.8. The van der Waals surface area contributed by atoms with Crippen LogP contribution in [0.4, 0.5) is 0 Å². The number of aliphatic hydroxyl groups excluding tert-OH is 1. The summed E-state index contributed by atoms with van der Waals surface area (Å²) in [7, 11) is 0. The van der Waals surface area contributed by atoms with Crippen LogP contribution in [0.3, 0.4) is 0 Å². The minimum absolute atomic E-state index is 0.0141. The van der Waals surface area contributed by atoms with Gasteiger partial charge in [-0.05, 0) is 25.0 Å². The highest BCUT2D eigenvalue weighted by atomic mass is 16.3. The minimum atomic E-state index is 0.0141. The average molecular weight is 239 g/mol. The van der Waals surface area contributed by atoms with Gasteiger partial charge in [-0.2, -0.15) is 0 Å². The maximum absolute atomic E-state index is 9.45. The van der Waals surface area contributed by atoms with E-state index in [2.05, 4.69) is 26.1 Å². The third-order valence-electron chi connectivity index (χ3n) is 3.70. The normalized spacial score (nSPS) is 12.0. The summed E-state index contributed by atoms with van der Waals surface area (Å²) in [6.07, 6.45) is 2.92. The van der Waals surface area contributed by atoms with E-state index in [9.17, 15) is 5.11 Å². The van der Waals surface area contributed by atoms with Gasteiger partial charge in [0, 0.05) is 25.0 Å². The number of furan rings is 1. The second kappa shape index (κ2) is 6.82. The van der Waals surface area contributed by atoms with E-state index in [4.69, 9.17) is 4.42 Å². The molecule has 0 atom stereocenters. The van der Waals surface area contributed by atoms with Crippen LogP contribution in [0.15, 0.2) is 16.5 Å². The third-order valence-corrected chi connectivity index (χ3v) is 3.70. The van der Waals surface area contributed by atoms with Gasteiger partial charge in [0.1, 0.15) is 11.5 Å². The maximum atomic E-state index is 9.45. The van der Waals surface area contributed by atoms with Gasteiger partial charge in [0.2, 0.25) is 0 Å². The average Bonchev–Trinajstić information content (AvgIpc) is 2.83. The summed E-state index contributed by atoms with van der Waals surface area (Å²) in [6.45, 7) is 8.15. The van der Waals surface area contributed by atoms with Crippen molar-refractivity contribution in [3.8, 4) is 0 Å². The molecule has 0 bridgehead atoms. The van der Waals surface area contributed by atoms with Crippen molar-refractivity contribution in [1.29, 1.82) is 0 Å². The highest BCUT2D eigenvalue weighted by Crippen LogP contribution is 2.24. The minimum Gasteiger partial charge on any atom is -0.465 e. The molecular formula is C14H25NO2. The Kier molecular flexibility index (Phi) is 5.72. The Morgan fingerprint density at radius 2 is 1.82 bits per heavy atom. The first-order valence-corrected chi connectivity index (χ1v) is 6.58. The van der Waals surface area contributed by atoms with Crippen LogP contribution in [0, 0.1) is 5.41 Å². The molecule has 1 rings (SSSR count). The molecule has 2 N–H and O–H groups in total. The van der Waals surface area contributed by atoms with Crippen molar-refractivity contribution in [3.63, 3.8) is 0 Å². The number of hydrogen-bond acceptors (Lipinski definition) is 3. The zero-order valence-corrected chi connectivity index (χ0v) is 11.3. The Morgan fingerprint density at radius 3 is 2.29 bits per heavy atom. The second-order valence-corrected chi connectivity index (χ2v) is 4.69. The van der Waals surface area contributed by atoms with Crippen molar-refractivity contribution < 1.29 is 9.52 Å². The zero-order chi connectivity index (χ0) is 12.7. The summed E-state index contributed by atoms with van der Waals surface area (Å²) in [5.74, 6) is 2.00. The summed E-state index contributed by atoms with van der Waals surface area (Å²) in [5.41, 5.74) is 0.0141. The van der Waals surface area contributed by atoms with Crippen molar-refractivity contribution in [2.45, 2.75) is 46.6 Å². The molecule has 0 unspecified atom stereocenters.